The van der Waals surface area contributed by atoms with Crippen molar-refractivity contribution in [3.05, 3.63) is 30.3 Å². The number of anilines is 1. The average Bonchev–Trinajstić information content (AvgIpc) is 2.94. The van der Waals surface area contributed by atoms with Crippen molar-refractivity contribution in [1.82, 2.24) is 4.90 Å². The fraction of sp³-hybridized carbons (Fsp3) is 0.556. The molecule has 1 saturated heterocycles. The summed E-state index contributed by atoms with van der Waals surface area (Å²) in [6.45, 7) is 7.54. The summed E-state index contributed by atoms with van der Waals surface area (Å²) in [7, 11) is 0. The van der Waals surface area contributed by atoms with Crippen LogP contribution in [0.25, 0.3) is 0 Å². The fourth-order valence-corrected chi connectivity index (χ4v) is 3.11. The van der Waals surface area contributed by atoms with Gasteiger partial charge in [-0.3, -0.25) is 4.79 Å². The van der Waals surface area contributed by atoms with Crippen molar-refractivity contribution in [2.45, 2.75) is 32.8 Å². The Balaban J connectivity index is 1.57. The second kappa shape index (κ2) is 7.02. The van der Waals surface area contributed by atoms with Gasteiger partial charge in [-0.15, -0.1) is 0 Å². The number of hydrogen-bond acceptors (Lipinski definition) is 4. The van der Waals surface area contributed by atoms with Gasteiger partial charge >= 0.3 is 0 Å². The Morgan fingerprint density at radius 2 is 1.96 bits per heavy atom. The smallest absolute Gasteiger partial charge is 0.266 e. The molecule has 1 aromatic carbocycles. The first kappa shape index (κ1) is 15.8. The van der Waals surface area contributed by atoms with Crippen LogP contribution in [0.15, 0.2) is 35.5 Å². The number of para-hydroxylation sites is 1. The summed E-state index contributed by atoms with van der Waals surface area (Å²) in [6.07, 6.45) is 1.19. The molecule has 124 valence electrons. The molecule has 0 unspecified atom stereocenters. The summed E-state index contributed by atoms with van der Waals surface area (Å²) in [5, 5.41) is 4.08. The Bertz CT molecular complexity index is 571. The Kier molecular flexibility index (Phi) is 4.84. The van der Waals surface area contributed by atoms with E-state index in [4.69, 9.17) is 4.84 Å². The average molecular weight is 315 g/mol. The number of nitrogens with zero attached hydrogens (tertiary/aromatic N) is 3. The normalized spacial score (nSPS) is 21.9. The zero-order valence-electron chi connectivity index (χ0n) is 13.9. The molecular weight excluding hydrogens is 290 g/mol. The van der Waals surface area contributed by atoms with Crippen LogP contribution in [0.1, 0.15) is 26.7 Å². The van der Waals surface area contributed by atoms with Crippen molar-refractivity contribution < 1.29 is 9.63 Å². The highest BCUT2D eigenvalue weighted by Gasteiger charge is 2.33. The van der Waals surface area contributed by atoms with Crippen LogP contribution in [0, 0.1) is 5.92 Å². The van der Waals surface area contributed by atoms with Crippen LogP contribution in [0.5, 0.6) is 0 Å². The maximum atomic E-state index is 12.7. The topological polar surface area (TPSA) is 45.1 Å². The third kappa shape index (κ3) is 3.66. The van der Waals surface area contributed by atoms with Gasteiger partial charge in [0.1, 0.15) is 0 Å². The van der Waals surface area contributed by atoms with Crippen molar-refractivity contribution in [2.75, 3.05) is 31.1 Å². The summed E-state index contributed by atoms with van der Waals surface area (Å²) >= 11 is 0. The largest absolute Gasteiger partial charge is 0.382 e. The van der Waals surface area contributed by atoms with E-state index in [0.29, 0.717) is 12.3 Å². The van der Waals surface area contributed by atoms with E-state index in [0.717, 1.165) is 38.3 Å². The standard InChI is InChI=1S/C18H25N3O2/c1-14(2)16-13-17(23-19-16)18(22)21-10-6-9-20(11-12-21)15-7-4-3-5-8-15/h3-5,7-8,14,17H,6,9-13H2,1-2H3/t17-/m0/s1. The van der Waals surface area contributed by atoms with Crippen molar-refractivity contribution in [2.24, 2.45) is 11.1 Å². The molecule has 3 rings (SSSR count). The zero-order valence-corrected chi connectivity index (χ0v) is 13.9. The first-order chi connectivity index (χ1) is 11.1. The maximum absolute atomic E-state index is 12.7. The van der Waals surface area contributed by atoms with E-state index < -0.39 is 6.10 Å². The molecule has 2 aliphatic rings. The second-order valence-corrected chi connectivity index (χ2v) is 6.54. The van der Waals surface area contributed by atoms with Crippen molar-refractivity contribution in [1.29, 1.82) is 0 Å². The van der Waals surface area contributed by atoms with Crippen LogP contribution < -0.4 is 4.90 Å². The Morgan fingerprint density at radius 3 is 2.65 bits per heavy atom. The zero-order chi connectivity index (χ0) is 16.2. The molecule has 0 radical (unpaired) electrons. The van der Waals surface area contributed by atoms with Gasteiger partial charge in [-0.1, -0.05) is 37.2 Å². The molecule has 5 nitrogen and oxygen atoms in total. The third-order valence-corrected chi connectivity index (χ3v) is 4.56. The Morgan fingerprint density at radius 1 is 1.17 bits per heavy atom. The molecule has 1 aromatic rings. The van der Waals surface area contributed by atoms with Gasteiger partial charge in [0.05, 0.1) is 5.71 Å². The number of amides is 1. The molecule has 0 N–H and O–H groups in total. The molecule has 0 saturated carbocycles. The molecule has 0 bridgehead atoms. The van der Waals surface area contributed by atoms with E-state index in [-0.39, 0.29) is 5.91 Å². The van der Waals surface area contributed by atoms with Gasteiger partial charge in [0.15, 0.2) is 0 Å². The lowest BCUT2D eigenvalue weighted by atomic mass is 10.0. The van der Waals surface area contributed by atoms with Gasteiger partial charge in [0.25, 0.3) is 5.91 Å². The van der Waals surface area contributed by atoms with E-state index in [1.165, 1.54) is 5.69 Å². The summed E-state index contributed by atoms with van der Waals surface area (Å²) in [5.74, 6) is 0.421. The predicted molar refractivity (Wildman–Crippen MR) is 91.6 cm³/mol. The summed E-state index contributed by atoms with van der Waals surface area (Å²) in [5.41, 5.74) is 2.22. The Hall–Kier alpha value is -2.04. The lowest BCUT2D eigenvalue weighted by Crippen LogP contribution is -2.41. The van der Waals surface area contributed by atoms with Gasteiger partial charge in [-0.25, -0.2) is 0 Å². The fourth-order valence-electron chi connectivity index (χ4n) is 3.11. The van der Waals surface area contributed by atoms with Crippen LogP contribution in [0.4, 0.5) is 5.69 Å². The molecular formula is C18H25N3O2. The number of carbonyl (C=O) groups excluding carboxylic acids is 1. The summed E-state index contributed by atoms with van der Waals surface area (Å²) in [4.78, 5) is 22.3. The van der Waals surface area contributed by atoms with E-state index in [2.05, 4.69) is 48.2 Å². The number of hydrogen-bond donors (Lipinski definition) is 0. The third-order valence-electron chi connectivity index (χ3n) is 4.56. The number of carbonyl (C=O) groups is 1. The molecule has 0 aromatic heterocycles. The highest BCUT2D eigenvalue weighted by molar-refractivity contribution is 5.93. The monoisotopic (exact) mass is 315 g/mol. The lowest BCUT2D eigenvalue weighted by Gasteiger charge is -2.24. The minimum atomic E-state index is -0.421. The quantitative estimate of drug-likeness (QED) is 0.861. The predicted octanol–water partition coefficient (Wildman–Crippen LogP) is 2.53. The number of benzene rings is 1. The summed E-state index contributed by atoms with van der Waals surface area (Å²) < 4.78 is 0. The van der Waals surface area contributed by atoms with Gasteiger partial charge < -0.3 is 14.6 Å². The minimum Gasteiger partial charge on any atom is -0.382 e. The van der Waals surface area contributed by atoms with Crippen molar-refractivity contribution >= 4 is 17.3 Å². The first-order valence-electron chi connectivity index (χ1n) is 8.46. The van der Waals surface area contributed by atoms with Gasteiger partial charge in [-0.05, 0) is 24.5 Å². The van der Waals surface area contributed by atoms with Crippen LogP contribution in [-0.2, 0) is 9.63 Å². The molecule has 2 aliphatic heterocycles. The minimum absolute atomic E-state index is 0.0827. The molecule has 0 aliphatic carbocycles. The van der Waals surface area contributed by atoms with Crippen LogP contribution >= 0.6 is 0 Å². The maximum Gasteiger partial charge on any atom is 0.266 e. The van der Waals surface area contributed by atoms with Gasteiger partial charge in [0, 0.05) is 38.3 Å². The van der Waals surface area contributed by atoms with Crippen LogP contribution in [0.3, 0.4) is 0 Å². The first-order valence-corrected chi connectivity index (χ1v) is 8.46. The van der Waals surface area contributed by atoms with E-state index >= 15 is 0 Å². The molecule has 1 atom stereocenters. The molecule has 2 heterocycles. The number of oxime groups is 1. The second-order valence-electron chi connectivity index (χ2n) is 6.54. The van der Waals surface area contributed by atoms with E-state index in [9.17, 15) is 4.79 Å². The highest BCUT2D eigenvalue weighted by atomic mass is 16.6. The molecule has 1 fully saturated rings. The van der Waals surface area contributed by atoms with E-state index in [1.807, 2.05) is 11.0 Å². The van der Waals surface area contributed by atoms with Crippen molar-refractivity contribution in [3.63, 3.8) is 0 Å². The van der Waals surface area contributed by atoms with Gasteiger partial charge in [-0.2, -0.15) is 0 Å². The van der Waals surface area contributed by atoms with E-state index in [1.54, 1.807) is 0 Å². The molecule has 5 heteroatoms. The lowest BCUT2D eigenvalue weighted by molar-refractivity contribution is -0.141. The Labute approximate surface area is 137 Å². The molecule has 1 amide bonds. The van der Waals surface area contributed by atoms with Crippen molar-refractivity contribution in [3.8, 4) is 0 Å². The molecule has 23 heavy (non-hydrogen) atoms. The van der Waals surface area contributed by atoms with Crippen LogP contribution in [0.2, 0.25) is 0 Å². The SMILES string of the molecule is CC(C)C1=NO[C@H](C(=O)N2CCCN(c3ccccc3)CC2)C1. The summed E-state index contributed by atoms with van der Waals surface area (Å²) in [6, 6.07) is 10.4. The van der Waals surface area contributed by atoms with Gasteiger partial charge in [0.2, 0.25) is 6.10 Å². The number of rotatable bonds is 3. The highest BCUT2D eigenvalue weighted by Crippen LogP contribution is 2.20. The molecule has 0 spiro atoms. The van der Waals surface area contributed by atoms with Crippen LogP contribution in [-0.4, -0.2) is 48.8 Å².